The van der Waals surface area contributed by atoms with E-state index in [1.165, 1.54) is 91.9 Å². The van der Waals surface area contributed by atoms with Crippen LogP contribution in [-0.4, -0.2) is 21.8 Å². The maximum absolute atomic E-state index is 2.93. The zero-order valence-corrected chi connectivity index (χ0v) is 36.0. The molecule has 0 fully saturated rings. The predicted molar refractivity (Wildman–Crippen MR) is 273 cm³/mol. The van der Waals surface area contributed by atoms with Crippen molar-refractivity contribution < 1.29 is 0 Å². The number of para-hydroxylation sites is 5. The number of fused-ring (bicyclic) bond motifs is 10. The van der Waals surface area contributed by atoms with Crippen molar-refractivity contribution in [3.8, 4) is 17.1 Å². The molecular formula is C60H41N3Si. The molecule has 0 amide bonds. The van der Waals surface area contributed by atoms with Gasteiger partial charge in [-0.1, -0.05) is 182 Å². The van der Waals surface area contributed by atoms with Crippen LogP contribution < -0.4 is 20.7 Å². The van der Waals surface area contributed by atoms with Gasteiger partial charge in [0.25, 0.3) is 0 Å². The van der Waals surface area contributed by atoms with Gasteiger partial charge in [0.1, 0.15) is 0 Å². The van der Waals surface area contributed by atoms with Crippen LogP contribution in [0.25, 0.3) is 82.5 Å². The van der Waals surface area contributed by atoms with Crippen LogP contribution in [-0.2, 0) is 0 Å². The van der Waals surface area contributed by atoms with Crippen molar-refractivity contribution in [2.45, 2.75) is 0 Å². The molecule has 3 heterocycles. The normalized spacial score (nSPS) is 12.1. The second-order valence-corrected chi connectivity index (χ2v) is 20.7. The van der Waals surface area contributed by atoms with Crippen LogP contribution in [0.4, 0.5) is 0 Å². The molecule has 0 aliphatic rings. The molecule has 10 aromatic carbocycles. The second-order valence-electron chi connectivity index (χ2n) is 16.8. The Bertz CT molecular complexity index is 3830. The van der Waals surface area contributed by atoms with E-state index in [1.807, 2.05) is 0 Å². The zero-order valence-electron chi connectivity index (χ0n) is 35.0. The Balaban J connectivity index is 1.08. The lowest BCUT2D eigenvalue weighted by Crippen LogP contribution is -2.74. The van der Waals surface area contributed by atoms with Gasteiger partial charge < -0.3 is 13.7 Å². The lowest BCUT2D eigenvalue weighted by Gasteiger charge is -2.34. The van der Waals surface area contributed by atoms with Crippen molar-refractivity contribution in [1.29, 1.82) is 0 Å². The van der Waals surface area contributed by atoms with Gasteiger partial charge >= 0.3 is 0 Å². The fraction of sp³-hybridized carbons (Fsp3) is 0. The Labute approximate surface area is 372 Å². The molecule has 64 heavy (non-hydrogen) atoms. The van der Waals surface area contributed by atoms with E-state index in [2.05, 4.69) is 262 Å². The van der Waals surface area contributed by atoms with Crippen molar-refractivity contribution in [3.63, 3.8) is 0 Å². The van der Waals surface area contributed by atoms with Crippen LogP contribution in [0, 0.1) is 0 Å². The van der Waals surface area contributed by atoms with E-state index < -0.39 is 8.07 Å². The van der Waals surface area contributed by atoms with E-state index in [-0.39, 0.29) is 0 Å². The van der Waals surface area contributed by atoms with Crippen molar-refractivity contribution in [2.24, 2.45) is 0 Å². The molecule has 0 N–H and O–H groups in total. The fourth-order valence-electron chi connectivity index (χ4n) is 10.9. The van der Waals surface area contributed by atoms with Crippen LogP contribution in [0.1, 0.15) is 0 Å². The summed E-state index contributed by atoms with van der Waals surface area (Å²) in [5, 5.41) is 12.9. The van der Waals surface area contributed by atoms with E-state index >= 15 is 0 Å². The molecule has 0 atom stereocenters. The fourth-order valence-corrected chi connectivity index (χ4v) is 15.7. The quantitative estimate of drug-likeness (QED) is 0.112. The summed E-state index contributed by atoms with van der Waals surface area (Å²) in [5.74, 6) is 0. The summed E-state index contributed by atoms with van der Waals surface area (Å²) in [6.45, 7) is 0. The van der Waals surface area contributed by atoms with Crippen LogP contribution in [0.5, 0.6) is 0 Å². The van der Waals surface area contributed by atoms with Crippen molar-refractivity contribution in [2.75, 3.05) is 0 Å². The highest BCUT2D eigenvalue weighted by molar-refractivity contribution is 7.20. The predicted octanol–water partition coefficient (Wildman–Crippen LogP) is 12.4. The van der Waals surface area contributed by atoms with Crippen LogP contribution in [0.15, 0.2) is 249 Å². The Hall–Kier alpha value is -8.18. The zero-order chi connectivity index (χ0) is 42.2. The van der Waals surface area contributed by atoms with Gasteiger partial charge in [-0.15, -0.1) is 0 Å². The molecule has 4 heteroatoms. The monoisotopic (exact) mass is 831 g/mol. The highest BCUT2D eigenvalue weighted by Crippen LogP contribution is 2.42. The van der Waals surface area contributed by atoms with Gasteiger partial charge in [-0.2, -0.15) is 0 Å². The summed E-state index contributed by atoms with van der Waals surface area (Å²) in [6.07, 6.45) is 0. The third-order valence-corrected chi connectivity index (χ3v) is 18.4. The third kappa shape index (κ3) is 5.27. The summed E-state index contributed by atoms with van der Waals surface area (Å²) in [7, 11) is -2.93. The maximum Gasteiger partial charge on any atom is 0.179 e. The summed E-state index contributed by atoms with van der Waals surface area (Å²) < 4.78 is 7.34. The molecule has 0 saturated carbocycles. The minimum Gasteiger partial charge on any atom is -0.309 e. The van der Waals surface area contributed by atoms with Gasteiger partial charge in [0.2, 0.25) is 0 Å². The van der Waals surface area contributed by atoms with Crippen molar-refractivity contribution in [1.82, 2.24) is 13.7 Å². The minimum absolute atomic E-state index is 1.14. The molecule has 0 unspecified atom stereocenters. The van der Waals surface area contributed by atoms with Gasteiger partial charge in [0.15, 0.2) is 8.07 Å². The van der Waals surface area contributed by atoms with Crippen LogP contribution >= 0.6 is 0 Å². The summed E-state index contributed by atoms with van der Waals surface area (Å²) in [4.78, 5) is 0. The molecule has 0 radical (unpaired) electrons. The third-order valence-electron chi connectivity index (χ3n) is 13.6. The van der Waals surface area contributed by atoms with Crippen molar-refractivity contribution >= 4 is 94.2 Å². The van der Waals surface area contributed by atoms with Gasteiger partial charge in [-0.05, 0) is 87.5 Å². The molecule has 0 saturated heterocycles. The second kappa shape index (κ2) is 14.5. The van der Waals surface area contributed by atoms with Gasteiger partial charge in [0, 0.05) is 49.4 Å². The van der Waals surface area contributed by atoms with E-state index in [1.54, 1.807) is 0 Å². The van der Waals surface area contributed by atoms with E-state index in [9.17, 15) is 0 Å². The molecule has 13 rings (SSSR count). The smallest absolute Gasteiger partial charge is 0.179 e. The molecule has 0 aliphatic carbocycles. The number of hydrogen-bond donors (Lipinski definition) is 0. The first-order valence-electron chi connectivity index (χ1n) is 22.1. The Morgan fingerprint density at radius 1 is 0.234 bits per heavy atom. The topological polar surface area (TPSA) is 14.8 Å². The highest BCUT2D eigenvalue weighted by Gasteiger charge is 2.42. The van der Waals surface area contributed by atoms with Crippen LogP contribution in [0.2, 0.25) is 0 Å². The summed E-state index contributed by atoms with van der Waals surface area (Å²) in [6, 6.07) is 92.3. The Morgan fingerprint density at radius 3 is 1.22 bits per heavy atom. The molecule has 0 aliphatic heterocycles. The highest BCUT2D eigenvalue weighted by atomic mass is 28.3. The number of nitrogens with zero attached hydrogens (tertiary/aromatic N) is 3. The average molecular weight is 832 g/mol. The summed E-state index contributed by atoms with van der Waals surface area (Å²) in [5.41, 5.74) is 10.7. The van der Waals surface area contributed by atoms with E-state index in [4.69, 9.17) is 0 Å². The molecule has 3 nitrogen and oxygen atoms in total. The average Bonchev–Trinajstić information content (AvgIpc) is 4.01. The molecule has 3 aromatic heterocycles. The lowest BCUT2D eigenvalue weighted by molar-refractivity contribution is 1.17. The van der Waals surface area contributed by atoms with Crippen molar-refractivity contribution in [3.05, 3.63) is 249 Å². The first kappa shape index (κ1) is 36.5. The Morgan fingerprint density at radius 2 is 0.625 bits per heavy atom. The summed E-state index contributed by atoms with van der Waals surface area (Å²) >= 11 is 0. The number of hydrogen-bond acceptors (Lipinski definition) is 0. The first-order valence-corrected chi connectivity index (χ1v) is 24.1. The lowest BCUT2D eigenvalue weighted by atomic mass is 10.1. The van der Waals surface area contributed by atoms with E-state index in [0.717, 1.165) is 11.4 Å². The molecular weight excluding hydrogens is 791 g/mol. The molecule has 0 spiro atoms. The maximum atomic E-state index is 2.52. The van der Waals surface area contributed by atoms with E-state index in [0.29, 0.717) is 0 Å². The van der Waals surface area contributed by atoms with Gasteiger partial charge in [-0.25, -0.2) is 0 Å². The molecule has 0 bridgehead atoms. The first-order chi connectivity index (χ1) is 31.8. The minimum atomic E-state index is -2.93. The molecule has 13 aromatic rings. The van der Waals surface area contributed by atoms with Gasteiger partial charge in [-0.3, -0.25) is 0 Å². The van der Waals surface area contributed by atoms with Gasteiger partial charge in [0.05, 0.1) is 33.1 Å². The number of rotatable bonds is 7. The Kier molecular flexibility index (Phi) is 8.23. The number of aromatic nitrogens is 3. The molecule has 300 valence electrons. The standard InChI is InChI=1S/C60H41N3Si/c1-5-19-42(20-6-1)61-54-30-16-14-28-50(54)53-41-48(37-39-57(53)61)64(45-23-9-3-10-24-45,46-25-11-4-12-26-46)47-35-33-44(34-36-47)63-55-31-17-13-27-49(55)51-38-40-58-59(60(51)63)52-29-15-18-32-56(52)62(58)43-21-7-2-8-22-43/h1-41H. The van der Waals surface area contributed by atoms with Crippen LogP contribution in [0.3, 0.4) is 0 Å². The SMILES string of the molecule is c1ccc(-n2c3ccccc3c3cc([Si](c4ccccc4)(c4ccccc4)c4ccc(-n5c6ccccc6c6ccc7c(c8ccccc8n7-c7ccccc7)c65)cc4)ccc32)cc1. The largest absolute Gasteiger partial charge is 0.309 e. The number of benzene rings is 10.